The summed E-state index contributed by atoms with van der Waals surface area (Å²) >= 11 is 0. The first-order valence-corrected chi connectivity index (χ1v) is 9.92. The zero-order chi connectivity index (χ0) is 15.6. The van der Waals surface area contributed by atoms with Gasteiger partial charge in [0.1, 0.15) is 0 Å². The molecule has 0 N–H and O–H groups in total. The lowest BCUT2D eigenvalue weighted by Crippen LogP contribution is -2.09. The van der Waals surface area contributed by atoms with Crippen LogP contribution < -0.4 is 0 Å². The molecule has 1 unspecified atom stereocenters. The Morgan fingerprint density at radius 2 is 1.00 bits per heavy atom. The van der Waals surface area contributed by atoms with Crippen LogP contribution in [0.5, 0.6) is 0 Å². The summed E-state index contributed by atoms with van der Waals surface area (Å²) in [7, 11) is 0. The molecule has 1 nitrogen and oxygen atoms in total. The lowest BCUT2D eigenvalue weighted by atomic mass is 10.0. The first-order valence-electron chi connectivity index (χ1n) is 9.92. The van der Waals surface area contributed by atoms with E-state index in [1.165, 1.54) is 96.3 Å². The van der Waals surface area contributed by atoms with E-state index in [-0.39, 0.29) is 0 Å². The molecule has 0 amide bonds. The van der Waals surface area contributed by atoms with E-state index in [0.717, 1.165) is 6.61 Å². The molecule has 128 valence electrons. The van der Waals surface area contributed by atoms with E-state index < -0.39 is 0 Å². The highest BCUT2D eigenvalue weighted by Gasteiger charge is 2.01. The Kier molecular flexibility index (Phi) is 18.0. The van der Waals surface area contributed by atoms with Gasteiger partial charge in [0, 0.05) is 6.61 Å². The SMILES string of the molecule is CCCCCCCCCCCCC(C)OCCCCCC. The van der Waals surface area contributed by atoms with Crippen LogP contribution in [0.1, 0.15) is 117 Å². The van der Waals surface area contributed by atoms with Crippen LogP contribution in [-0.4, -0.2) is 12.7 Å². The first-order chi connectivity index (χ1) is 10.3. The van der Waals surface area contributed by atoms with Gasteiger partial charge in [0.2, 0.25) is 0 Å². The molecule has 0 rings (SSSR count). The fourth-order valence-electron chi connectivity index (χ4n) is 2.82. The van der Waals surface area contributed by atoms with E-state index in [2.05, 4.69) is 20.8 Å². The second kappa shape index (κ2) is 18.0. The van der Waals surface area contributed by atoms with Gasteiger partial charge in [-0.3, -0.25) is 0 Å². The molecule has 1 heteroatoms. The molecule has 0 fully saturated rings. The van der Waals surface area contributed by atoms with Gasteiger partial charge < -0.3 is 4.74 Å². The third kappa shape index (κ3) is 17.9. The molecule has 0 saturated heterocycles. The summed E-state index contributed by atoms with van der Waals surface area (Å²) in [6, 6.07) is 0. The summed E-state index contributed by atoms with van der Waals surface area (Å²) in [6.07, 6.45) is 21.2. The minimum Gasteiger partial charge on any atom is -0.379 e. The monoisotopic (exact) mass is 298 g/mol. The predicted molar refractivity (Wildman–Crippen MR) is 96.0 cm³/mol. The molecule has 0 aliphatic carbocycles. The number of unbranched alkanes of at least 4 members (excludes halogenated alkanes) is 12. The standard InChI is InChI=1S/C20H42O/c1-4-6-8-10-11-12-13-14-15-16-18-20(3)21-19-17-9-7-5-2/h20H,4-19H2,1-3H3. The maximum Gasteiger partial charge on any atom is 0.0547 e. The van der Waals surface area contributed by atoms with Crippen molar-refractivity contribution in [2.24, 2.45) is 0 Å². The van der Waals surface area contributed by atoms with Crippen molar-refractivity contribution in [3.8, 4) is 0 Å². The van der Waals surface area contributed by atoms with Crippen LogP contribution in [0.15, 0.2) is 0 Å². The highest BCUT2D eigenvalue weighted by Crippen LogP contribution is 2.13. The molecule has 0 aromatic heterocycles. The van der Waals surface area contributed by atoms with E-state index >= 15 is 0 Å². The van der Waals surface area contributed by atoms with Crippen LogP contribution in [0.25, 0.3) is 0 Å². The van der Waals surface area contributed by atoms with Crippen molar-refractivity contribution in [1.82, 2.24) is 0 Å². The van der Waals surface area contributed by atoms with E-state index in [1.807, 2.05) is 0 Å². The summed E-state index contributed by atoms with van der Waals surface area (Å²) in [5.74, 6) is 0. The van der Waals surface area contributed by atoms with Crippen LogP contribution in [0, 0.1) is 0 Å². The van der Waals surface area contributed by atoms with Gasteiger partial charge in [-0.2, -0.15) is 0 Å². The molecule has 0 bridgehead atoms. The smallest absolute Gasteiger partial charge is 0.0547 e. The van der Waals surface area contributed by atoms with Crippen molar-refractivity contribution >= 4 is 0 Å². The average Bonchev–Trinajstić information content (AvgIpc) is 2.49. The zero-order valence-electron chi connectivity index (χ0n) is 15.3. The fourth-order valence-corrected chi connectivity index (χ4v) is 2.82. The predicted octanol–water partition coefficient (Wildman–Crippen LogP) is 7.28. The van der Waals surface area contributed by atoms with E-state index in [1.54, 1.807) is 0 Å². The highest BCUT2D eigenvalue weighted by atomic mass is 16.5. The van der Waals surface area contributed by atoms with Crippen molar-refractivity contribution in [2.45, 2.75) is 123 Å². The lowest BCUT2D eigenvalue weighted by Gasteiger charge is -2.12. The van der Waals surface area contributed by atoms with Gasteiger partial charge >= 0.3 is 0 Å². The normalized spacial score (nSPS) is 12.7. The molecule has 0 aliphatic heterocycles. The Morgan fingerprint density at radius 1 is 0.571 bits per heavy atom. The van der Waals surface area contributed by atoms with Crippen LogP contribution in [-0.2, 0) is 4.74 Å². The molecule has 0 radical (unpaired) electrons. The Balaban J connectivity index is 3.09. The van der Waals surface area contributed by atoms with Gasteiger partial charge in [-0.1, -0.05) is 97.3 Å². The molecule has 0 heterocycles. The minimum absolute atomic E-state index is 0.473. The fraction of sp³-hybridized carbons (Fsp3) is 1.00. The molecule has 0 aromatic rings. The molecule has 1 atom stereocenters. The summed E-state index contributed by atoms with van der Waals surface area (Å²) in [6.45, 7) is 7.76. The van der Waals surface area contributed by atoms with E-state index in [4.69, 9.17) is 4.74 Å². The average molecular weight is 299 g/mol. The molecule has 0 saturated carbocycles. The summed E-state index contributed by atoms with van der Waals surface area (Å²) in [5.41, 5.74) is 0. The minimum atomic E-state index is 0.473. The molecular formula is C20H42O. The van der Waals surface area contributed by atoms with Crippen LogP contribution in [0.3, 0.4) is 0 Å². The molecule has 0 aliphatic rings. The van der Waals surface area contributed by atoms with Crippen molar-refractivity contribution in [3.05, 3.63) is 0 Å². The third-order valence-electron chi connectivity index (χ3n) is 4.36. The lowest BCUT2D eigenvalue weighted by molar-refractivity contribution is 0.0557. The maximum absolute atomic E-state index is 5.87. The molecule has 0 spiro atoms. The number of hydrogen-bond acceptors (Lipinski definition) is 1. The maximum atomic E-state index is 5.87. The number of ether oxygens (including phenoxy) is 1. The Labute approximate surface area is 135 Å². The van der Waals surface area contributed by atoms with Gasteiger partial charge in [0.05, 0.1) is 6.10 Å². The number of rotatable bonds is 17. The summed E-state index contributed by atoms with van der Waals surface area (Å²) in [4.78, 5) is 0. The summed E-state index contributed by atoms with van der Waals surface area (Å²) in [5, 5.41) is 0. The van der Waals surface area contributed by atoms with Gasteiger partial charge in [0.25, 0.3) is 0 Å². The Morgan fingerprint density at radius 3 is 1.52 bits per heavy atom. The summed E-state index contributed by atoms with van der Waals surface area (Å²) < 4.78 is 5.87. The Bertz CT molecular complexity index is 179. The second-order valence-corrected chi connectivity index (χ2v) is 6.71. The van der Waals surface area contributed by atoms with E-state index in [9.17, 15) is 0 Å². The van der Waals surface area contributed by atoms with Crippen LogP contribution in [0.2, 0.25) is 0 Å². The third-order valence-corrected chi connectivity index (χ3v) is 4.36. The largest absolute Gasteiger partial charge is 0.379 e. The first kappa shape index (κ1) is 21.0. The van der Waals surface area contributed by atoms with Crippen molar-refractivity contribution in [3.63, 3.8) is 0 Å². The molecular weight excluding hydrogens is 256 g/mol. The quantitative estimate of drug-likeness (QED) is 0.256. The van der Waals surface area contributed by atoms with E-state index in [0.29, 0.717) is 6.10 Å². The van der Waals surface area contributed by atoms with Crippen LogP contribution >= 0.6 is 0 Å². The van der Waals surface area contributed by atoms with Gasteiger partial charge in [-0.05, 0) is 19.8 Å². The van der Waals surface area contributed by atoms with Crippen molar-refractivity contribution in [1.29, 1.82) is 0 Å². The van der Waals surface area contributed by atoms with Gasteiger partial charge in [-0.15, -0.1) is 0 Å². The molecule has 21 heavy (non-hydrogen) atoms. The number of hydrogen-bond donors (Lipinski definition) is 0. The van der Waals surface area contributed by atoms with Crippen molar-refractivity contribution < 1.29 is 4.74 Å². The van der Waals surface area contributed by atoms with Crippen LogP contribution in [0.4, 0.5) is 0 Å². The molecule has 0 aromatic carbocycles. The zero-order valence-corrected chi connectivity index (χ0v) is 15.3. The van der Waals surface area contributed by atoms with Crippen molar-refractivity contribution in [2.75, 3.05) is 6.61 Å². The van der Waals surface area contributed by atoms with Gasteiger partial charge in [0.15, 0.2) is 0 Å². The topological polar surface area (TPSA) is 9.23 Å². The van der Waals surface area contributed by atoms with Gasteiger partial charge in [-0.25, -0.2) is 0 Å². The Hall–Kier alpha value is -0.0400. The second-order valence-electron chi connectivity index (χ2n) is 6.71. The highest BCUT2D eigenvalue weighted by molar-refractivity contribution is 4.53.